The Morgan fingerprint density at radius 1 is 1.21 bits per heavy atom. The number of hydrogen-bond acceptors (Lipinski definition) is 2. The zero-order valence-corrected chi connectivity index (χ0v) is 11.8. The van der Waals surface area contributed by atoms with E-state index in [0.717, 1.165) is 12.2 Å². The van der Waals surface area contributed by atoms with Gasteiger partial charge in [0.05, 0.1) is 11.9 Å². The van der Waals surface area contributed by atoms with Gasteiger partial charge in [-0.25, -0.2) is 4.68 Å². The molecule has 0 aliphatic heterocycles. The summed E-state index contributed by atoms with van der Waals surface area (Å²) in [5.74, 6) is 0. The summed E-state index contributed by atoms with van der Waals surface area (Å²) in [5.41, 5.74) is 2.39. The van der Waals surface area contributed by atoms with Gasteiger partial charge in [-0.3, -0.25) is 0 Å². The first-order valence-corrected chi connectivity index (χ1v) is 7.18. The topological polar surface area (TPSA) is 29.9 Å². The Morgan fingerprint density at radius 2 is 2.00 bits per heavy atom. The van der Waals surface area contributed by atoms with Crippen LogP contribution in [0.1, 0.15) is 44.7 Å². The molecule has 2 rings (SSSR count). The Kier molecular flexibility index (Phi) is 5.16. The molecule has 1 aromatic carbocycles. The molecule has 2 aromatic rings. The van der Waals surface area contributed by atoms with Crippen LogP contribution in [0, 0.1) is 0 Å². The molecule has 0 fully saturated rings. The molecule has 102 valence electrons. The third-order valence-electron chi connectivity index (χ3n) is 3.32. The Balaban J connectivity index is 2.14. The third kappa shape index (κ3) is 3.67. The van der Waals surface area contributed by atoms with Gasteiger partial charge < -0.3 is 5.32 Å². The first-order valence-electron chi connectivity index (χ1n) is 7.18. The number of rotatable bonds is 7. The summed E-state index contributed by atoms with van der Waals surface area (Å²) in [6, 6.07) is 10.7. The van der Waals surface area contributed by atoms with E-state index in [2.05, 4.69) is 42.6 Å². The van der Waals surface area contributed by atoms with Gasteiger partial charge in [0.25, 0.3) is 0 Å². The number of unbranched alkanes of at least 4 members (excludes halogenated alkanes) is 1. The van der Waals surface area contributed by atoms with Crippen LogP contribution in [-0.4, -0.2) is 16.3 Å². The molecule has 1 aromatic heterocycles. The maximum atomic E-state index is 4.47. The van der Waals surface area contributed by atoms with E-state index in [1.165, 1.54) is 24.8 Å². The van der Waals surface area contributed by atoms with Crippen molar-refractivity contribution in [1.82, 2.24) is 15.1 Å². The maximum absolute atomic E-state index is 4.47. The van der Waals surface area contributed by atoms with Crippen LogP contribution in [0.15, 0.2) is 42.7 Å². The van der Waals surface area contributed by atoms with Crippen molar-refractivity contribution in [2.24, 2.45) is 0 Å². The largest absolute Gasteiger partial charge is 0.310 e. The summed E-state index contributed by atoms with van der Waals surface area (Å²) in [6.45, 7) is 5.38. The van der Waals surface area contributed by atoms with Gasteiger partial charge in [0.15, 0.2) is 0 Å². The van der Waals surface area contributed by atoms with Gasteiger partial charge in [0, 0.05) is 17.8 Å². The second kappa shape index (κ2) is 7.10. The van der Waals surface area contributed by atoms with Gasteiger partial charge in [0.1, 0.15) is 0 Å². The molecule has 19 heavy (non-hydrogen) atoms. The Bertz CT molecular complexity index is 476. The first kappa shape index (κ1) is 13.8. The fraction of sp³-hybridized carbons (Fsp3) is 0.438. The lowest BCUT2D eigenvalue weighted by Gasteiger charge is -2.15. The second-order valence-electron chi connectivity index (χ2n) is 4.81. The summed E-state index contributed by atoms with van der Waals surface area (Å²) in [5, 5.41) is 8.02. The average Bonchev–Trinajstić information content (AvgIpc) is 2.94. The minimum atomic E-state index is 0.419. The molecule has 1 N–H and O–H groups in total. The summed E-state index contributed by atoms with van der Waals surface area (Å²) in [4.78, 5) is 0. The zero-order chi connectivity index (χ0) is 13.5. The van der Waals surface area contributed by atoms with E-state index in [4.69, 9.17) is 0 Å². The maximum Gasteiger partial charge on any atom is 0.0645 e. The molecule has 1 atom stereocenters. The van der Waals surface area contributed by atoms with E-state index >= 15 is 0 Å². The fourth-order valence-electron chi connectivity index (χ4n) is 2.28. The Hall–Kier alpha value is -1.61. The monoisotopic (exact) mass is 257 g/mol. The van der Waals surface area contributed by atoms with Gasteiger partial charge in [0.2, 0.25) is 0 Å². The summed E-state index contributed by atoms with van der Waals surface area (Å²) in [7, 11) is 0. The van der Waals surface area contributed by atoms with Crippen LogP contribution < -0.4 is 5.32 Å². The summed E-state index contributed by atoms with van der Waals surface area (Å²) in [6.07, 6.45) is 7.77. The fourth-order valence-corrected chi connectivity index (χ4v) is 2.28. The van der Waals surface area contributed by atoms with E-state index < -0.39 is 0 Å². The molecule has 1 unspecified atom stereocenters. The number of benzene rings is 1. The molecule has 3 nitrogen and oxygen atoms in total. The molecule has 0 amide bonds. The highest BCUT2D eigenvalue weighted by Crippen LogP contribution is 2.20. The highest BCUT2D eigenvalue weighted by atomic mass is 15.3. The van der Waals surface area contributed by atoms with E-state index in [0.29, 0.717) is 6.04 Å². The lowest BCUT2D eigenvalue weighted by atomic mass is 10.0. The SMILES string of the molecule is CCCCC(NCC)c1cnn(-c2ccccc2)c1. The number of aromatic nitrogens is 2. The predicted octanol–water partition coefficient (Wildman–Crippen LogP) is 3.71. The first-order chi connectivity index (χ1) is 9.35. The van der Waals surface area contributed by atoms with Crippen molar-refractivity contribution in [3.63, 3.8) is 0 Å². The molecule has 3 heteroatoms. The van der Waals surface area contributed by atoms with Gasteiger partial charge in [-0.05, 0) is 25.1 Å². The predicted molar refractivity (Wildman–Crippen MR) is 79.5 cm³/mol. The van der Waals surface area contributed by atoms with Crippen molar-refractivity contribution < 1.29 is 0 Å². The van der Waals surface area contributed by atoms with Crippen LogP contribution in [0.2, 0.25) is 0 Å². The van der Waals surface area contributed by atoms with Crippen molar-refractivity contribution >= 4 is 0 Å². The molecular weight excluding hydrogens is 234 g/mol. The van der Waals surface area contributed by atoms with E-state index in [-0.39, 0.29) is 0 Å². The Labute approximate surface area is 115 Å². The molecule has 0 bridgehead atoms. The minimum Gasteiger partial charge on any atom is -0.310 e. The van der Waals surface area contributed by atoms with Crippen LogP contribution in [-0.2, 0) is 0 Å². The highest BCUT2D eigenvalue weighted by molar-refractivity contribution is 5.31. The third-order valence-corrected chi connectivity index (χ3v) is 3.32. The van der Waals surface area contributed by atoms with Crippen LogP contribution in [0.5, 0.6) is 0 Å². The molecule has 0 saturated carbocycles. The summed E-state index contributed by atoms with van der Waals surface area (Å²) >= 11 is 0. The number of nitrogens with one attached hydrogen (secondary N) is 1. The van der Waals surface area contributed by atoms with Crippen molar-refractivity contribution in [1.29, 1.82) is 0 Å². The second-order valence-corrected chi connectivity index (χ2v) is 4.81. The molecule has 0 saturated heterocycles. The molecule has 1 heterocycles. The van der Waals surface area contributed by atoms with E-state index in [9.17, 15) is 0 Å². The van der Waals surface area contributed by atoms with Gasteiger partial charge in [-0.1, -0.05) is 44.9 Å². The quantitative estimate of drug-likeness (QED) is 0.819. The van der Waals surface area contributed by atoms with Crippen LogP contribution >= 0.6 is 0 Å². The molecule has 0 aliphatic carbocycles. The normalized spacial score (nSPS) is 12.5. The molecule has 0 radical (unpaired) electrons. The van der Waals surface area contributed by atoms with E-state index in [1.54, 1.807) is 0 Å². The van der Waals surface area contributed by atoms with Crippen LogP contribution in [0.3, 0.4) is 0 Å². The summed E-state index contributed by atoms with van der Waals surface area (Å²) < 4.78 is 1.95. The van der Waals surface area contributed by atoms with Gasteiger partial charge in [-0.15, -0.1) is 0 Å². The van der Waals surface area contributed by atoms with Crippen molar-refractivity contribution in [3.8, 4) is 5.69 Å². The molecule has 0 spiro atoms. The van der Waals surface area contributed by atoms with Gasteiger partial charge in [-0.2, -0.15) is 5.10 Å². The van der Waals surface area contributed by atoms with E-state index in [1.807, 2.05) is 29.1 Å². The smallest absolute Gasteiger partial charge is 0.0645 e. The average molecular weight is 257 g/mol. The van der Waals surface area contributed by atoms with Crippen molar-refractivity contribution in [3.05, 3.63) is 48.3 Å². The highest BCUT2D eigenvalue weighted by Gasteiger charge is 2.12. The molecular formula is C16H23N3. The Morgan fingerprint density at radius 3 is 2.68 bits per heavy atom. The number of hydrogen-bond donors (Lipinski definition) is 1. The zero-order valence-electron chi connectivity index (χ0n) is 11.8. The lowest BCUT2D eigenvalue weighted by Crippen LogP contribution is -2.20. The standard InChI is InChI=1S/C16H23N3/c1-3-5-11-16(17-4-2)14-12-18-19(13-14)15-9-7-6-8-10-15/h6-10,12-13,16-17H,3-5,11H2,1-2H3. The van der Waals surface area contributed by atoms with Crippen LogP contribution in [0.25, 0.3) is 5.69 Å². The lowest BCUT2D eigenvalue weighted by molar-refractivity contribution is 0.494. The van der Waals surface area contributed by atoms with Crippen molar-refractivity contribution in [2.45, 2.75) is 39.2 Å². The van der Waals surface area contributed by atoms with Crippen molar-refractivity contribution in [2.75, 3.05) is 6.54 Å². The van der Waals surface area contributed by atoms with Crippen LogP contribution in [0.4, 0.5) is 0 Å². The number of para-hydroxylation sites is 1. The van der Waals surface area contributed by atoms with Gasteiger partial charge >= 0.3 is 0 Å². The molecule has 0 aliphatic rings. The number of nitrogens with zero attached hydrogens (tertiary/aromatic N) is 2. The minimum absolute atomic E-state index is 0.419.